The fourth-order valence-corrected chi connectivity index (χ4v) is 12.3. The Morgan fingerprint density at radius 2 is 1.72 bits per heavy atom. The van der Waals surface area contributed by atoms with Gasteiger partial charge in [0.15, 0.2) is 5.60 Å². The van der Waals surface area contributed by atoms with Crippen LogP contribution in [0.4, 0.5) is 0 Å². The molecule has 1 aromatic carbocycles. The SMILES string of the molecule is CCN1C[C@@]2(COC)C3C(OC)[C@H]4C1[C@@]3(C1C[C@@]3(O)C(OC(=O)c5ccccc5)C1[C@]4(OC(C)=O)[C@@H](O)C3OC)[C@H](OC)C[C@H]2O. The minimum absolute atomic E-state index is 0.0791. The zero-order chi connectivity index (χ0) is 33.0. The van der Waals surface area contributed by atoms with Crippen molar-refractivity contribution in [2.45, 2.75) is 80.6 Å². The molecule has 5 aliphatic carbocycles. The van der Waals surface area contributed by atoms with Gasteiger partial charge in [0.2, 0.25) is 0 Å². The first-order chi connectivity index (χ1) is 22.0. The second-order valence-electron chi connectivity index (χ2n) is 14.4. The highest BCUT2D eigenvalue weighted by atomic mass is 16.6. The summed E-state index contributed by atoms with van der Waals surface area (Å²) in [5.74, 6) is -3.65. The van der Waals surface area contributed by atoms with E-state index in [1.165, 1.54) is 14.0 Å². The van der Waals surface area contributed by atoms with Crippen molar-refractivity contribution in [2.75, 3.05) is 48.1 Å². The average molecular weight is 646 g/mol. The van der Waals surface area contributed by atoms with Gasteiger partial charge < -0.3 is 43.7 Å². The standard InChI is InChI=1S/C34H47NO11/c1-7-35-15-31(16-41-3)20(37)13-21(42-4)33-19-14-32(40)28(45-30(39)18-11-9-8-10-12-18)22(19)34(46-17(2)36,27(38)29(32)44-6)23(26(33)35)24(43-5)25(31)33/h8-12,19-29,37-38,40H,7,13-16H2,1-6H3/t19?,20-,21-,22?,23+,24?,25?,26?,27+,28?,29?,31+,32-,33+,34-/m1/s1. The molecule has 6 aliphatic rings. The van der Waals surface area contributed by atoms with E-state index in [1.54, 1.807) is 51.7 Å². The fraction of sp³-hybridized carbons (Fsp3) is 0.765. The monoisotopic (exact) mass is 645 g/mol. The first kappa shape index (κ1) is 32.4. The number of fused-ring (bicyclic) bond motifs is 2. The van der Waals surface area contributed by atoms with Crippen LogP contribution in [0.15, 0.2) is 30.3 Å². The molecular formula is C34H47NO11. The highest BCUT2D eigenvalue weighted by molar-refractivity contribution is 5.89. The molecule has 254 valence electrons. The van der Waals surface area contributed by atoms with Crippen LogP contribution in [0.2, 0.25) is 0 Å². The topological polar surface area (TPSA) is 153 Å². The molecule has 7 bridgehead atoms. The second-order valence-corrected chi connectivity index (χ2v) is 14.4. The van der Waals surface area contributed by atoms with E-state index < -0.39 is 88.3 Å². The van der Waals surface area contributed by atoms with Crippen molar-refractivity contribution < 1.29 is 53.3 Å². The van der Waals surface area contributed by atoms with Crippen LogP contribution in [0.5, 0.6) is 0 Å². The summed E-state index contributed by atoms with van der Waals surface area (Å²) in [5.41, 5.74) is -4.79. The molecule has 1 heterocycles. The molecule has 3 N–H and O–H groups in total. The second kappa shape index (κ2) is 10.9. The summed E-state index contributed by atoms with van der Waals surface area (Å²) >= 11 is 0. The van der Waals surface area contributed by atoms with E-state index in [4.69, 9.17) is 28.4 Å². The van der Waals surface area contributed by atoms with Gasteiger partial charge in [-0.1, -0.05) is 25.1 Å². The Hall–Kier alpha value is -2.16. The van der Waals surface area contributed by atoms with Crippen LogP contribution in [0.25, 0.3) is 0 Å². The summed E-state index contributed by atoms with van der Waals surface area (Å²) in [6.45, 7) is 4.68. The molecule has 15 atom stereocenters. The predicted molar refractivity (Wildman–Crippen MR) is 160 cm³/mol. The molecule has 12 heteroatoms. The van der Waals surface area contributed by atoms with Crippen molar-refractivity contribution in [3.63, 3.8) is 0 Å². The molecule has 12 nitrogen and oxygen atoms in total. The zero-order valence-electron chi connectivity index (χ0n) is 27.3. The van der Waals surface area contributed by atoms with Gasteiger partial charge >= 0.3 is 11.9 Å². The number of piperidine rings is 1. The Balaban J connectivity index is 1.53. The van der Waals surface area contributed by atoms with Gasteiger partial charge in [0, 0.05) is 83.0 Å². The maximum atomic E-state index is 13.8. The summed E-state index contributed by atoms with van der Waals surface area (Å²) in [7, 11) is 6.27. The van der Waals surface area contributed by atoms with Gasteiger partial charge in [-0.15, -0.1) is 0 Å². The molecular weight excluding hydrogens is 598 g/mol. The van der Waals surface area contributed by atoms with Gasteiger partial charge in [0.05, 0.1) is 30.5 Å². The summed E-state index contributed by atoms with van der Waals surface area (Å²) in [5, 5.41) is 37.3. The number of carbonyl (C=O) groups is 2. The molecule has 0 radical (unpaired) electrons. The number of aliphatic hydroxyl groups excluding tert-OH is 2. The lowest BCUT2D eigenvalue weighted by atomic mass is 9.42. The lowest BCUT2D eigenvalue weighted by Gasteiger charge is -2.70. The van der Waals surface area contributed by atoms with Gasteiger partial charge in [-0.2, -0.15) is 0 Å². The minimum atomic E-state index is -1.83. The van der Waals surface area contributed by atoms with E-state index in [9.17, 15) is 24.9 Å². The Kier molecular flexibility index (Phi) is 7.69. The molecule has 7 rings (SSSR count). The fourth-order valence-electron chi connectivity index (χ4n) is 12.3. The van der Waals surface area contributed by atoms with Crippen LogP contribution in [0.1, 0.15) is 37.0 Å². The highest BCUT2D eigenvalue weighted by Crippen LogP contribution is 2.80. The first-order valence-corrected chi connectivity index (χ1v) is 16.3. The average Bonchev–Trinajstić information content (AvgIpc) is 3.41. The summed E-state index contributed by atoms with van der Waals surface area (Å²) in [6, 6.07) is 8.18. The number of hydrogen-bond acceptors (Lipinski definition) is 12. The minimum Gasteiger partial charge on any atom is -0.455 e. The van der Waals surface area contributed by atoms with E-state index in [1.807, 2.05) is 6.92 Å². The van der Waals surface area contributed by atoms with Gasteiger partial charge in [-0.25, -0.2) is 4.79 Å². The Labute approximate surface area is 269 Å². The third-order valence-electron chi connectivity index (χ3n) is 13.2. The number of hydrogen-bond donors (Lipinski definition) is 3. The van der Waals surface area contributed by atoms with Gasteiger partial charge in [0.25, 0.3) is 0 Å². The zero-order valence-corrected chi connectivity index (χ0v) is 27.3. The van der Waals surface area contributed by atoms with Crippen LogP contribution in [-0.2, 0) is 33.2 Å². The van der Waals surface area contributed by atoms with Crippen molar-refractivity contribution in [3.8, 4) is 0 Å². The summed E-state index contributed by atoms with van der Waals surface area (Å²) in [6.07, 6.45) is -5.49. The van der Waals surface area contributed by atoms with Gasteiger partial charge in [-0.3, -0.25) is 9.69 Å². The number of aliphatic hydroxyl groups is 3. The van der Waals surface area contributed by atoms with Crippen LogP contribution in [0, 0.1) is 34.5 Å². The van der Waals surface area contributed by atoms with E-state index in [0.717, 1.165) is 0 Å². The van der Waals surface area contributed by atoms with Gasteiger partial charge in [-0.05, 0) is 31.0 Å². The lowest BCUT2D eigenvalue weighted by Crippen LogP contribution is -2.81. The molecule has 5 saturated carbocycles. The number of rotatable bonds is 9. The Bertz CT molecular complexity index is 1360. The third-order valence-corrected chi connectivity index (χ3v) is 13.2. The number of methoxy groups -OCH3 is 4. The predicted octanol–water partition coefficient (Wildman–Crippen LogP) is 0.648. The number of nitrogens with zero attached hydrogens (tertiary/aromatic N) is 1. The first-order valence-electron chi connectivity index (χ1n) is 16.3. The van der Waals surface area contributed by atoms with Crippen molar-refractivity contribution >= 4 is 11.9 Å². The van der Waals surface area contributed by atoms with Crippen molar-refractivity contribution in [2.24, 2.45) is 34.5 Å². The normalized spacial score (nSPS) is 49.9. The maximum absolute atomic E-state index is 13.8. The van der Waals surface area contributed by atoms with E-state index in [-0.39, 0.29) is 25.0 Å². The number of carbonyl (C=O) groups excluding carboxylic acids is 2. The molecule has 0 amide bonds. The maximum Gasteiger partial charge on any atom is 0.338 e. The van der Waals surface area contributed by atoms with Crippen molar-refractivity contribution in [1.82, 2.24) is 4.90 Å². The molecule has 6 fully saturated rings. The molecule has 1 spiro atoms. The third kappa shape index (κ3) is 3.62. The van der Waals surface area contributed by atoms with Crippen LogP contribution < -0.4 is 0 Å². The Morgan fingerprint density at radius 1 is 1.00 bits per heavy atom. The number of ether oxygens (including phenoxy) is 6. The van der Waals surface area contributed by atoms with E-state index >= 15 is 0 Å². The smallest absolute Gasteiger partial charge is 0.338 e. The molecule has 46 heavy (non-hydrogen) atoms. The molecule has 1 aliphatic heterocycles. The number of esters is 2. The van der Waals surface area contributed by atoms with Gasteiger partial charge in [0.1, 0.15) is 23.9 Å². The van der Waals surface area contributed by atoms with Crippen molar-refractivity contribution in [3.05, 3.63) is 35.9 Å². The number of benzene rings is 1. The largest absolute Gasteiger partial charge is 0.455 e. The molecule has 0 aromatic heterocycles. The van der Waals surface area contributed by atoms with Crippen LogP contribution >= 0.6 is 0 Å². The van der Waals surface area contributed by atoms with E-state index in [0.29, 0.717) is 25.1 Å². The quantitative estimate of drug-likeness (QED) is 0.323. The van der Waals surface area contributed by atoms with E-state index in [2.05, 4.69) is 4.90 Å². The van der Waals surface area contributed by atoms with Crippen molar-refractivity contribution in [1.29, 1.82) is 0 Å². The summed E-state index contributed by atoms with van der Waals surface area (Å²) in [4.78, 5) is 29.3. The Morgan fingerprint density at radius 3 is 2.30 bits per heavy atom. The molecule has 1 aromatic rings. The highest BCUT2D eigenvalue weighted by Gasteiger charge is 2.92. The molecule has 1 saturated heterocycles. The molecule has 7 unspecified atom stereocenters. The number of likely N-dealkylation sites (tertiary alicyclic amines) is 1. The van der Waals surface area contributed by atoms with Crippen LogP contribution in [-0.4, -0.2) is 134 Å². The lowest BCUT2D eigenvalue weighted by molar-refractivity contribution is -0.322. The summed E-state index contributed by atoms with van der Waals surface area (Å²) < 4.78 is 37.4. The van der Waals surface area contributed by atoms with Crippen LogP contribution in [0.3, 0.4) is 0 Å².